The van der Waals surface area contributed by atoms with Crippen LogP contribution in [0.4, 0.5) is 17.1 Å². The number of hydrogen-bond donors (Lipinski definition) is 2. The summed E-state index contributed by atoms with van der Waals surface area (Å²) in [5.41, 5.74) is 7.14. The molecule has 0 saturated carbocycles. The summed E-state index contributed by atoms with van der Waals surface area (Å²) in [5, 5.41) is 6.89. The Morgan fingerprint density at radius 3 is 1.63 bits per heavy atom. The zero-order valence-corrected chi connectivity index (χ0v) is 16.3. The number of hydrogen-bond acceptors (Lipinski definition) is 3. The number of benzene rings is 4. The molecule has 30 heavy (non-hydrogen) atoms. The number of para-hydroxylation sites is 1. The van der Waals surface area contributed by atoms with Gasteiger partial charge in [0, 0.05) is 28.2 Å². The lowest BCUT2D eigenvalue weighted by molar-refractivity contribution is 0.105. The number of Topliss-reactive ketones (excluding diaryl/α,β-unsaturated/α-hetero) is 1. The van der Waals surface area contributed by atoms with Gasteiger partial charge in [-0.2, -0.15) is 0 Å². The summed E-state index contributed by atoms with van der Waals surface area (Å²) in [7, 11) is 0. The molecule has 0 saturated heterocycles. The maximum absolute atomic E-state index is 13.1. The predicted octanol–water partition coefficient (Wildman–Crippen LogP) is 6.61. The number of rotatable bonds is 5. The summed E-state index contributed by atoms with van der Waals surface area (Å²) >= 11 is 0. The monoisotopic (exact) mass is 388 g/mol. The SMILES string of the molecule is O=C1C(c2ccccc2)=C(Nc2ccc(Nc3ccccc3)cc2)c2ccccc21. The molecule has 0 aliphatic heterocycles. The summed E-state index contributed by atoms with van der Waals surface area (Å²) in [5.74, 6) is 0.0571. The molecule has 4 aromatic rings. The van der Waals surface area contributed by atoms with Crippen molar-refractivity contribution in [2.75, 3.05) is 10.6 Å². The number of anilines is 3. The van der Waals surface area contributed by atoms with E-state index in [-0.39, 0.29) is 5.78 Å². The van der Waals surface area contributed by atoms with E-state index in [1.807, 2.05) is 109 Å². The Balaban J connectivity index is 1.48. The standard InChI is InChI=1S/C27H20N2O/c30-27-24-14-8-7-13-23(24)26(25(27)19-9-3-1-4-10-19)29-22-17-15-21(16-18-22)28-20-11-5-2-6-12-20/h1-18,28-29H. The molecule has 144 valence electrons. The van der Waals surface area contributed by atoms with Gasteiger partial charge in [0.05, 0.1) is 11.3 Å². The Morgan fingerprint density at radius 2 is 0.967 bits per heavy atom. The van der Waals surface area contributed by atoms with E-state index in [2.05, 4.69) is 10.6 Å². The van der Waals surface area contributed by atoms with Crippen LogP contribution in [-0.4, -0.2) is 5.78 Å². The number of carbonyl (C=O) groups is 1. The van der Waals surface area contributed by atoms with Crippen LogP contribution in [0.1, 0.15) is 21.5 Å². The number of fused-ring (bicyclic) bond motifs is 1. The lowest BCUT2D eigenvalue weighted by Gasteiger charge is -2.13. The Morgan fingerprint density at radius 1 is 0.467 bits per heavy atom. The second-order valence-electron chi connectivity index (χ2n) is 7.18. The fourth-order valence-corrected chi connectivity index (χ4v) is 3.76. The van der Waals surface area contributed by atoms with Crippen LogP contribution in [-0.2, 0) is 0 Å². The fraction of sp³-hybridized carbons (Fsp3) is 0. The van der Waals surface area contributed by atoms with Crippen LogP contribution < -0.4 is 10.6 Å². The fourth-order valence-electron chi connectivity index (χ4n) is 3.76. The molecule has 4 aromatic carbocycles. The molecule has 0 spiro atoms. The second-order valence-corrected chi connectivity index (χ2v) is 7.18. The van der Waals surface area contributed by atoms with Crippen LogP contribution in [0.15, 0.2) is 109 Å². The highest BCUT2D eigenvalue weighted by atomic mass is 16.1. The third-order valence-corrected chi connectivity index (χ3v) is 5.20. The van der Waals surface area contributed by atoms with Gasteiger partial charge in [-0.15, -0.1) is 0 Å². The number of allylic oxidation sites excluding steroid dienone is 1. The van der Waals surface area contributed by atoms with Gasteiger partial charge in [-0.05, 0) is 42.0 Å². The molecule has 0 atom stereocenters. The Labute approximate surface area is 175 Å². The van der Waals surface area contributed by atoms with E-state index in [1.54, 1.807) is 0 Å². The van der Waals surface area contributed by atoms with Crippen LogP contribution in [0.2, 0.25) is 0 Å². The maximum Gasteiger partial charge on any atom is 0.196 e. The Hall–Kier alpha value is -4.11. The van der Waals surface area contributed by atoms with Crippen molar-refractivity contribution in [3.8, 4) is 0 Å². The van der Waals surface area contributed by atoms with Gasteiger partial charge >= 0.3 is 0 Å². The molecule has 0 aromatic heterocycles. The molecule has 0 radical (unpaired) electrons. The molecule has 1 aliphatic rings. The zero-order valence-electron chi connectivity index (χ0n) is 16.3. The van der Waals surface area contributed by atoms with Gasteiger partial charge < -0.3 is 10.6 Å². The minimum Gasteiger partial charge on any atom is -0.356 e. The first-order valence-corrected chi connectivity index (χ1v) is 9.92. The van der Waals surface area contributed by atoms with Crippen LogP contribution in [0.5, 0.6) is 0 Å². The molecule has 0 fully saturated rings. The van der Waals surface area contributed by atoms with Crippen molar-refractivity contribution in [3.05, 3.63) is 126 Å². The molecular formula is C27H20N2O. The smallest absolute Gasteiger partial charge is 0.196 e. The summed E-state index contributed by atoms with van der Waals surface area (Å²) in [6, 6.07) is 35.8. The first-order valence-electron chi connectivity index (χ1n) is 9.92. The van der Waals surface area contributed by atoms with Crippen LogP contribution >= 0.6 is 0 Å². The first-order chi connectivity index (χ1) is 14.8. The van der Waals surface area contributed by atoms with Gasteiger partial charge in [0.1, 0.15) is 0 Å². The number of carbonyl (C=O) groups excluding carboxylic acids is 1. The third kappa shape index (κ3) is 3.38. The van der Waals surface area contributed by atoms with E-state index < -0.39 is 0 Å². The predicted molar refractivity (Wildman–Crippen MR) is 124 cm³/mol. The van der Waals surface area contributed by atoms with Crippen molar-refractivity contribution >= 4 is 34.1 Å². The van der Waals surface area contributed by atoms with Crippen molar-refractivity contribution in [2.45, 2.75) is 0 Å². The zero-order chi connectivity index (χ0) is 20.3. The minimum absolute atomic E-state index is 0.0571. The lowest BCUT2D eigenvalue weighted by Crippen LogP contribution is -2.01. The first kappa shape index (κ1) is 18.0. The molecule has 0 unspecified atom stereocenters. The van der Waals surface area contributed by atoms with Gasteiger partial charge in [-0.1, -0.05) is 72.8 Å². The van der Waals surface area contributed by atoms with Gasteiger partial charge in [0.15, 0.2) is 5.78 Å². The van der Waals surface area contributed by atoms with E-state index in [1.165, 1.54) is 0 Å². The topological polar surface area (TPSA) is 41.1 Å². The van der Waals surface area contributed by atoms with E-state index >= 15 is 0 Å². The average molecular weight is 388 g/mol. The van der Waals surface area contributed by atoms with E-state index in [0.717, 1.165) is 39.4 Å². The van der Waals surface area contributed by atoms with Crippen molar-refractivity contribution in [1.29, 1.82) is 0 Å². The van der Waals surface area contributed by atoms with Gasteiger partial charge in [0.25, 0.3) is 0 Å². The summed E-state index contributed by atoms with van der Waals surface area (Å²) < 4.78 is 0. The van der Waals surface area contributed by atoms with Crippen molar-refractivity contribution in [3.63, 3.8) is 0 Å². The second kappa shape index (κ2) is 7.72. The van der Waals surface area contributed by atoms with E-state index in [0.29, 0.717) is 5.57 Å². The van der Waals surface area contributed by atoms with Crippen LogP contribution in [0.3, 0.4) is 0 Å². The molecule has 2 N–H and O–H groups in total. The summed E-state index contributed by atoms with van der Waals surface area (Å²) in [6.07, 6.45) is 0. The highest BCUT2D eigenvalue weighted by molar-refractivity contribution is 6.40. The molecule has 0 bridgehead atoms. The molecule has 0 heterocycles. The van der Waals surface area contributed by atoms with Crippen LogP contribution in [0.25, 0.3) is 11.3 Å². The highest BCUT2D eigenvalue weighted by Gasteiger charge is 2.30. The molecular weight excluding hydrogens is 368 g/mol. The Bertz CT molecular complexity index is 1230. The third-order valence-electron chi connectivity index (χ3n) is 5.20. The quantitative estimate of drug-likeness (QED) is 0.404. The van der Waals surface area contributed by atoms with Gasteiger partial charge in [-0.25, -0.2) is 0 Å². The van der Waals surface area contributed by atoms with Crippen molar-refractivity contribution in [2.24, 2.45) is 0 Å². The van der Waals surface area contributed by atoms with Crippen molar-refractivity contribution < 1.29 is 4.79 Å². The van der Waals surface area contributed by atoms with E-state index in [9.17, 15) is 4.79 Å². The van der Waals surface area contributed by atoms with Gasteiger partial charge in [-0.3, -0.25) is 4.79 Å². The molecule has 5 rings (SSSR count). The highest BCUT2D eigenvalue weighted by Crippen LogP contribution is 2.38. The van der Waals surface area contributed by atoms with Crippen molar-refractivity contribution in [1.82, 2.24) is 0 Å². The number of nitrogens with one attached hydrogen (secondary N) is 2. The minimum atomic E-state index is 0.0571. The van der Waals surface area contributed by atoms with Gasteiger partial charge in [0.2, 0.25) is 0 Å². The van der Waals surface area contributed by atoms with E-state index in [4.69, 9.17) is 0 Å². The van der Waals surface area contributed by atoms with Crippen LogP contribution in [0, 0.1) is 0 Å². The average Bonchev–Trinajstić information content (AvgIpc) is 3.08. The Kier molecular flexibility index (Phi) is 4.62. The summed E-state index contributed by atoms with van der Waals surface area (Å²) in [4.78, 5) is 13.1. The number of ketones is 1. The normalized spacial score (nSPS) is 12.6. The maximum atomic E-state index is 13.1. The molecule has 1 aliphatic carbocycles. The lowest BCUT2D eigenvalue weighted by atomic mass is 10.0. The molecule has 0 amide bonds. The largest absolute Gasteiger partial charge is 0.356 e. The summed E-state index contributed by atoms with van der Waals surface area (Å²) in [6.45, 7) is 0. The molecule has 3 heteroatoms. The molecule has 3 nitrogen and oxygen atoms in total.